The summed E-state index contributed by atoms with van der Waals surface area (Å²) in [5.74, 6) is -0.134. The lowest BCUT2D eigenvalue weighted by Crippen LogP contribution is -2.37. The van der Waals surface area contributed by atoms with Crippen molar-refractivity contribution in [2.75, 3.05) is 6.54 Å². The van der Waals surface area contributed by atoms with Crippen molar-refractivity contribution in [3.05, 3.63) is 72.2 Å². The number of hydrogen-bond donors (Lipinski definition) is 1. The van der Waals surface area contributed by atoms with Crippen LogP contribution in [0.4, 0.5) is 0 Å². The van der Waals surface area contributed by atoms with Gasteiger partial charge in [0.05, 0.1) is 12.3 Å². The number of aliphatic hydroxyl groups excluding tert-OH is 1. The van der Waals surface area contributed by atoms with Crippen molar-refractivity contribution >= 4 is 11.6 Å². The average Bonchev–Trinajstić information content (AvgIpc) is 3.05. The van der Waals surface area contributed by atoms with Gasteiger partial charge in [0.15, 0.2) is 0 Å². The zero-order valence-corrected chi connectivity index (χ0v) is 13.7. The molecule has 1 N–H and O–H groups in total. The number of rotatable bonds is 6. The van der Waals surface area contributed by atoms with Crippen molar-refractivity contribution in [2.45, 2.75) is 26.0 Å². The Balaban J connectivity index is 1.90. The Kier molecular flexibility index (Phi) is 4.91. The molecule has 3 aromatic rings. The lowest BCUT2D eigenvalue weighted by Gasteiger charge is -2.25. The maximum Gasteiger partial charge on any atom is 0.272 e. The summed E-state index contributed by atoms with van der Waals surface area (Å²) in [4.78, 5) is 19.0. The standard InChI is InChI=1S/C19H21N3O2/c1-2-16(23)14-21(13-15-8-4-3-5-9-15)19(24)17-12-20-18-10-6-7-11-22(17)18/h3-12,16,23H,2,13-14H2,1H3. The molecule has 5 nitrogen and oxygen atoms in total. The monoisotopic (exact) mass is 323 g/mol. The molecule has 1 amide bonds. The smallest absolute Gasteiger partial charge is 0.272 e. The van der Waals surface area contributed by atoms with E-state index in [1.165, 1.54) is 0 Å². The Labute approximate surface area is 141 Å². The zero-order valence-electron chi connectivity index (χ0n) is 13.7. The van der Waals surface area contributed by atoms with Gasteiger partial charge in [-0.15, -0.1) is 0 Å². The summed E-state index contributed by atoms with van der Waals surface area (Å²) in [6, 6.07) is 15.4. The molecule has 1 unspecified atom stereocenters. The van der Waals surface area contributed by atoms with Gasteiger partial charge < -0.3 is 10.0 Å². The Morgan fingerprint density at radius 1 is 1.21 bits per heavy atom. The van der Waals surface area contributed by atoms with Crippen LogP contribution in [0.25, 0.3) is 5.65 Å². The SMILES string of the molecule is CCC(O)CN(Cc1ccccc1)C(=O)c1cnc2ccccn12. The van der Waals surface area contributed by atoms with Crippen LogP contribution >= 0.6 is 0 Å². The van der Waals surface area contributed by atoms with E-state index < -0.39 is 6.10 Å². The number of benzene rings is 1. The van der Waals surface area contributed by atoms with Crippen LogP contribution in [0, 0.1) is 0 Å². The van der Waals surface area contributed by atoms with Crippen molar-refractivity contribution in [3.8, 4) is 0 Å². The second-order valence-corrected chi connectivity index (χ2v) is 5.81. The van der Waals surface area contributed by atoms with E-state index >= 15 is 0 Å². The summed E-state index contributed by atoms with van der Waals surface area (Å²) in [6.07, 6.45) is 3.48. The molecular weight excluding hydrogens is 302 g/mol. The molecule has 1 aromatic carbocycles. The van der Waals surface area contributed by atoms with Gasteiger partial charge in [0.25, 0.3) is 5.91 Å². The number of nitrogens with zero attached hydrogens (tertiary/aromatic N) is 3. The Morgan fingerprint density at radius 2 is 1.96 bits per heavy atom. The quantitative estimate of drug-likeness (QED) is 0.759. The normalized spacial score (nSPS) is 12.2. The molecule has 2 heterocycles. The highest BCUT2D eigenvalue weighted by molar-refractivity contribution is 5.93. The van der Waals surface area contributed by atoms with E-state index in [0.717, 1.165) is 11.2 Å². The van der Waals surface area contributed by atoms with Crippen LogP contribution in [0.15, 0.2) is 60.9 Å². The van der Waals surface area contributed by atoms with E-state index in [1.54, 1.807) is 15.5 Å². The molecular formula is C19H21N3O2. The van der Waals surface area contributed by atoms with Gasteiger partial charge in [-0.05, 0) is 24.1 Å². The average molecular weight is 323 g/mol. The first-order valence-corrected chi connectivity index (χ1v) is 8.12. The molecule has 0 aliphatic carbocycles. The first-order chi connectivity index (χ1) is 11.7. The summed E-state index contributed by atoms with van der Waals surface area (Å²) in [6.45, 7) is 2.66. The van der Waals surface area contributed by atoms with Crippen LogP contribution in [0.5, 0.6) is 0 Å². The van der Waals surface area contributed by atoms with Gasteiger partial charge in [0.2, 0.25) is 0 Å². The third-order valence-electron chi connectivity index (χ3n) is 4.04. The van der Waals surface area contributed by atoms with Crippen molar-refractivity contribution in [1.82, 2.24) is 14.3 Å². The Morgan fingerprint density at radius 3 is 2.71 bits per heavy atom. The van der Waals surface area contributed by atoms with E-state index in [-0.39, 0.29) is 5.91 Å². The number of amides is 1. The number of hydrogen-bond acceptors (Lipinski definition) is 3. The van der Waals surface area contributed by atoms with Gasteiger partial charge in [0.1, 0.15) is 11.3 Å². The summed E-state index contributed by atoms with van der Waals surface area (Å²) >= 11 is 0. The minimum atomic E-state index is -0.545. The third kappa shape index (κ3) is 3.46. The van der Waals surface area contributed by atoms with E-state index in [1.807, 2.05) is 61.7 Å². The number of fused-ring (bicyclic) bond motifs is 1. The third-order valence-corrected chi connectivity index (χ3v) is 4.04. The molecule has 0 fully saturated rings. The van der Waals surface area contributed by atoms with Crippen LogP contribution in [0.3, 0.4) is 0 Å². The molecule has 2 aromatic heterocycles. The fourth-order valence-corrected chi connectivity index (χ4v) is 2.66. The van der Waals surface area contributed by atoms with Crippen molar-refractivity contribution in [3.63, 3.8) is 0 Å². The van der Waals surface area contributed by atoms with Gasteiger partial charge in [0, 0.05) is 19.3 Å². The van der Waals surface area contributed by atoms with Crippen LogP contribution in [0.2, 0.25) is 0 Å². The minimum Gasteiger partial charge on any atom is -0.391 e. The highest BCUT2D eigenvalue weighted by Gasteiger charge is 2.21. The molecule has 0 spiro atoms. The number of pyridine rings is 1. The predicted molar refractivity (Wildman–Crippen MR) is 92.7 cm³/mol. The number of carbonyl (C=O) groups is 1. The molecule has 0 aliphatic heterocycles. The number of carbonyl (C=O) groups excluding carboxylic acids is 1. The molecule has 124 valence electrons. The topological polar surface area (TPSA) is 57.8 Å². The number of imidazole rings is 1. The predicted octanol–water partition coefficient (Wildman–Crippen LogP) is 2.75. The van der Waals surface area contributed by atoms with Gasteiger partial charge >= 0.3 is 0 Å². The molecule has 0 bridgehead atoms. The molecule has 5 heteroatoms. The van der Waals surface area contributed by atoms with Gasteiger partial charge in [-0.2, -0.15) is 0 Å². The van der Waals surface area contributed by atoms with Gasteiger partial charge in [-0.3, -0.25) is 9.20 Å². The maximum atomic E-state index is 13.0. The maximum absolute atomic E-state index is 13.0. The first-order valence-electron chi connectivity index (χ1n) is 8.12. The lowest BCUT2D eigenvalue weighted by atomic mass is 10.2. The summed E-state index contributed by atoms with van der Waals surface area (Å²) < 4.78 is 1.78. The summed E-state index contributed by atoms with van der Waals surface area (Å²) in [7, 11) is 0. The van der Waals surface area contributed by atoms with E-state index in [9.17, 15) is 9.90 Å². The van der Waals surface area contributed by atoms with Crippen LogP contribution in [-0.2, 0) is 6.54 Å². The molecule has 0 saturated heterocycles. The second-order valence-electron chi connectivity index (χ2n) is 5.81. The van der Waals surface area contributed by atoms with Crippen LogP contribution < -0.4 is 0 Å². The Hall–Kier alpha value is -2.66. The highest BCUT2D eigenvalue weighted by atomic mass is 16.3. The molecule has 3 rings (SSSR count). The molecule has 0 radical (unpaired) electrons. The molecule has 0 saturated carbocycles. The summed E-state index contributed by atoms with van der Waals surface area (Å²) in [5.41, 5.74) is 2.27. The summed E-state index contributed by atoms with van der Waals surface area (Å²) in [5, 5.41) is 10.0. The lowest BCUT2D eigenvalue weighted by molar-refractivity contribution is 0.0592. The van der Waals surface area contributed by atoms with Crippen LogP contribution in [-0.4, -0.2) is 37.9 Å². The zero-order chi connectivity index (χ0) is 16.9. The number of aromatic nitrogens is 2. The Bertz CT molecular complexity index is 814. The van der Waals surface area contributed by atoms with E-state index in [2.05, 4.69) is 4.98 Å². The van der Waals surface area contributed by atoms with Gasteiger partial charge in [-0.1, -0.05) is 43.3 Å². The van der Waals surface area contributed by atoms with Crippen molar-refractivity contribution < 1.29 is 9.90 Å². The van der Waals surface area contributed by atoms with Crippen molar-refractivity contribution in [2.24, 2.45) is 0 Å². The fourth-order valence-electron chi connectivity index (χ4n) is 2.66. The van der Waals surface area contributed by atoms with E-state index in [4.69, 9.17) is 0 Å². The molecule has 24 heavy (non-hydrogen) atoms. The van der Waals surface area contributed by atoms with Gasteiger partial charge in [-0.25, -0.2) is 4.98 Å². The van der Waals surface area contributed by atoms with E-state index in [0.29, 0.717) is 25.2 Å². The second kappa shape index (κ2) is 7.27. The van der Waals surface area contributed by atoms with Crippen LogP contribution in [0.1, 0.15) is 29.4 Å². The van der Waals surface area contributed by atoms with Crippen molar-refractivity contribution in [1.29, 1.82) is 0 Å². The molecule has 0 aliphatic rings. The fraction of sp³-hybridized carbons (Fsp3) is 0.263. The highest BCUT2D eigenvalue weighted by Crippen LogP contribution is 2.13. The first kappa shape index (κ1) is 16.2. The largest absolute Gasteiger partial charge is 0.391 e. The molecule has 1 atom stereocenters. The minimum absolute atomic E-state index is 0.134. The number of aliphatic hydroxyl groups is 1.